The van der Waals surface area contributed by atoms with Crippen LogP contribution in [0.15, 0.2) is 35.7 Å². The van der Waals surface area contributed by atoms with Gasteiger partial charge in [0.05, 0.1) is 11.2 Å². The molecule has 1 aliphatic carbocycles. The molecule has 0 unspecified atom stereocenters. The van der Waals surface area contributed by atoms with Gasteiger partial charge in [0.1, 0.15) is 11.9 Å². The molecule has 29 heavy (non-hydrogen) atoms. The first-order chi connectivity index (χ1) is 13.5. The Morgan fingerprint density at radius 3 is 2.48 bits per heavy atom. The number of aromatic nitrogens is 3. The Morgan fingerprint density at radius 2 is 1.97 bits per heavy atom. The van der Waals surface area contributed by atoms with Gasteiger partial charge in [0.25, 0.3) is 0 Å². The first-order valence-corrected chi connectivity index (χ1v) is 11.0. The van der Waals surface area contributed by atoms with Gasteiger partial charge in [-0.05, 0) is 24.5 Å². The molecule has 1 fully saturated rings. The summed E-state index contributed by atoms with van der Waals surface area (Å²) in [6.45, 7) is 0. The summed E-state index contributed by atoms with van der Waals surface area (Å²) in [5.74, 6) is -0.166. The molecule has 11 heteroatoms. The number of nitrogens with zero attached hydrogens (tertiary/aromatic N) is 3. The van der Waals surface area contributed by atoms with Crippen molar-refractivity contribution in [3.8, 4) is 0 Å². The summed E-state index contributed by atoms with van der Waals surface area (Å²) < 4.78 is 62.9. The van der Waals surface area contributed by atoms with E-state index in [-0.39, 0.29) is 16.6 Å². The average molecular weight is 430 g/mol. The Balaban J connectivity index is 1.81. The molecule has 3 rings (SSSR count). The van der Waals surface area contributed by atoms with Gasteiger partial charge in [-0.3, -0.25) is 4.79 Å². The van der Waals surface area contributed by atoms with E-state index in [1.54, 1.807) is 0 Å². The largest absolute Gasteiger partial charge is 0.434 e. The minimum Gasteiger partial charge on any atom is -0.324 e. The molecule has 0 saturated heterocycles. The van der Waals surface area contributed by atoms with Gasteiger partial charge in [0.15, 0.2) is 15.5 Å². The summed E-state index contributed by atoms with van der Waals surface area (Å²) in [7, 11) is -3.43. The van der Waals surface area contributed by atoms with Crippen molar-refractivity contribution in [2.75, 3.05) is 11.6 Å². The summed E-state index contributed by atoms with van der Waals surface area (Å²) in [5, 5.41) is 2.57. The van der Waals surface area contributed by atoms with Crippen molar-refractivity contribution in [1.29, 1.82) is 0 Å². The predicted molar refractivity (Wildman–Crippen MR) is 98.8 cm³/mol. The summed E-state index contributed by atoms with van der Waals surface area (Å²) >= 11 is 0. The fourth-order valence-corrected chi connectivity index (χ4v) is 4.02. The van der Waals surface area contributed by atoms with E-state index < -0.39 is 33.7 Å². The van der Waals surface area contributed by atoms with Gasteiger partial charge in [0, 0.05) is 18.6 Å². The number of carbonyl (C=O) groups is 1. The van der Waals surface area contributed by atoms with Crippen molar-refractivity contribution < 1.29 is 26.4 Å². The molecule has 158 valence electrons. The molecule has 2 heterocycles. The van der Waals surface area contributed by atoms with Gasteiger partial charge in [0.2, 0.25) is 5.91 Å². The number of halogens is 3. The highest BCUT2D eigenvalue weighted by Crippen LogP contribution is 2.34. The Morgan fingerprint density at radius 1 is 1.28 bits per heavy atom. The van der Waals surface area contributed by atoms with Crippen LogP contribution in [-0.4, -0.2) is 35.1 Å². The SMILES string of the molecule is CS(=O)(=O)c1ccc(NC(=O)[C@H](CC2CCCC2)n2cnc(C(F)(F)F)c2)nc1. The minimum absolute atomic E-state index is 0.00225. The Labute approximate surface area is 166 Å². The van der Waals surface area contributed by atoms with Crippen LogP contribution < -0.4 is 5.32 Å². The van der Waals surface area contributed by atoms with Gasteiger partial charge in [-0.1, -0.05) is 25.7 Å². The number of anilines is 1. The highest BCUT2D eigenvalue weighted by atomic mass is 32.2. The minimum atomic E-state index is -4.59. The monoisotopic (exact) mass is 430 g/mol. The number of imidazole rings is 1. The number of rotatable bonds is 6. The molecule has 1 aliphatic rings. The smallest absolute Gasteiger partial charge is 0.324 e. The van der Waals surface area contributed by atoms with Crippen LogP contribution in [-0.2, 0) is 20.8 Å². The Kier molecular flexibility index (Phi) is 5.97. The van der Waals surface area contributed by atoms with E-state index >= 15 is 0 Å². The third kappa shape index (κ3) is 5.34. The van der Waals surface area contributed by atoms with Gasteiger partial charge in [-0.25, -0.2) is 18.4 Å². The maximum atomic E-state index is 12.9. The standard InChI is InChI=1S/C18H21F3N4O3S/c1-29(27,28)13-6-7-16(22-9-13)24-17(26)14(8-12-4-2-3-5-12)25-10-15(23-11-25)18(19,20)21/h6-7,9-12,14H,2-5,8H2,1H3,(H,22,24,26)/t14-/m0/s1. The van der Waals surface area contributed by atoms with E-state index in [1.165, 1.54) is 16.7 Å². The predicted octanol–water partition coefficient (Wildman–Crippen LogP) is 3.46. The van der Waals surface area contributed by atoms with Crippen LogP contribution in [0, 0.1) is 5.92 Å². The summed E-state index contributed by atoms with van der Waals surface area (Å²) in [6, 6.07) is 1.77. The molecular weight excluding hydrogens is 409 g/mol. The normalized spacial score (nSPS) is 16.7. The van der Waals surface area contributed by atoms with Crippen molar-refractivity contribution in [3.63, 3.8) is 0 Å². The Bertz CT molecular complexity index is 965. The van der Waals surface area contributed by atoms with Crippen LogP contribution in [0.5, 0.6) is 0 Å². The number of amides is 1. The lowest BCUT2D eigenvalue weighted by Gasteiger charge is -2.21. The number of nitrogens with one attached hydrogen (secondary N) is 1. The third-order valence-electron chi connectivity index (χ3n) is 5.00. The lowest BCUT2D eigenvalue weighted by Crippen LogP contribution is -2.27. The molecule has 1 atom stereocenters. The van der Waals surface area contributed by atoms with Gasteiger partial charge in [-0.2, -0.15) is 13.2 Å². The van der Waals surface area contributed by atoms with E-state index in [0.717, 1.165) is 50.7 Å². The zero-order chi connectivity index (χ0) is 21.2. The molecule has 1 amide bonds. The van der Waals surface area contributed by atoms with Crippen molar-refractivity contribution >= 4 is 21.6 Å². The van der Waals surface area contributed by atoms with Crippen molar-refractivity contribution in [3.05, 3.63) is 36.5 Å². The first kappa shape index (κ1) is 21.3. The summed E-state index contributed by atoms with van der Waals surface area (Å²) in [5.41, 5.74) is -1.06. The number of hydrogen-bond donors (Lipinski definition) is 1. The van der Waals surface area contributed by atoms with Crippen LogP contribution in [0.1, 0.15) is 43.8 Å². The quantitative estimate of drug-likeness (QED) is 0.758. The molecule has 0 bridgehead atoms. The van der Waals surface area contributed by atoms with E-state index in [2.05, 4.69) is 15.3 Å². The van der Waals surface area contributed by atoms with E-state index in [0.29, 0.717) is 6.42 Å². The maximum absolute atomic E-state index is 12.9. The van der Waals surface area contributed by atoms with Crippen LogP contribution in [0.2, 0.25) is 0 Å². The van der Waals surface area contributed by atoms with Crippen LogP contribution in [0.4, 0.5) is 19.0 Å². The third-order valence-corrected chi connectivity index (χ3v) is 6.10. The van der Waals surface area contributed by atoms with Gasteiger partial charge in [-0.15, -0.1) is 0 Å². The second-order valence-electron chi connectivity index (χ2n) is 7.25. The van der Waals surface area contributed by atoms with E-state index in [9.17, 15) is 26.4 Å². The maximum Gasteiger partial charge on any atom is 0.434 e. The molecule has 1 N–H and O–H groups in total. The lowest BCUT2D eigenvalue weighted by molar-refractivity contribution is -0.141. The van der Waals surface area contributed by atoms with E-state index in [4.69, 9.17) is 0 Å². The second kappa shape index (κ2) is 8.13. The molecule has 0 spiro atoms. The van der Waals surface area contributed by atoms with Crippen LogP contribution >= 0.6 is 0 Å². The number of carbonyl (C=O) groups excluding carboxylic acids is 1. The van der Waals surface area contributed by atoms with Crippen molar-refractivity contribution in [2.24, 2.45) is 5.92 Å². The number of alkyl halides is 3. The molecule has 1 saturated carbocycles. The van der Waals surface area contributed by atoms with Gasteiger partial charge < -0.3 is 9.88 Å². The zero-order valence-electron chi connectivity index (χ0n) is 15.7. The molecule has 2 aromatic heterocycles. The van der Waals surface area contributed by atoms with Crippen LogP contribution in [0.3, 0.4) is 0 Å². The number of sulfone groups is 1. The number of hydrogen-bond acceptors (Lipinski definition) is 5. The van der Waals surface area contributed by atoms with Crippen molar-refractivity contribution in [2.45, 2.75) is 49.2 Å². The molecule has 0 aliphatic heterocycles. The lowest BCUT2D eigenvalue weighted by atomic mass is 9.97. The highest BCUT2D eigenvalue weighted by molar-refractivity contribution is 7.90. The fraction of sp³-hybridized carbons (Fsp3) is 0.500. The Hall–Kier alpha value is -2.43. The molecular formula is C18H21F3N4O3S. The summed E-state index contributed by atoms with van der Waals surface area (Å²) in [6.07, 6.45) is 3.71. The molecule has 2 aromatic rings. The zero-order valence-corrected chi connectivity index (χ0v) is 16.5. The highest BCUT2D eigenvalue weighted by Gasteiger charge is 2.35. The first-order valence-electron chi connectivity index (χ1n) is 9.11. The molecule has 0 aromatic carbocycles. The van der Waals surface area contributed by atoms with Crippen molar-refractivity contribution in [1.82, 2.24) is 14.5 Å². The average Bonchev–Trinajstić information content (AvgIpc) is 3.30. The number of pyridine rings is 1. The molecule has 0 radical (unpaired) electrons. The fourth-order valence-electron chi connectivity index (χ4n) is 3.46. The summed E-state index contributed by atoms with van der Waals surface area (Å²) in [4.78, 5) is 20.2. The van der Waals surface area contributed by atoms with Crippen LogP contribution in [0.25, 0.3) is 0 Å². The topological polar surface area (TPSA) is 94.0 Å². The second-order valence-corrected chi connectivity index (χ2v) is 9.26. The van der Waals surface area contributed by atoms with E-state index in [1.807, 2.05) is 0 Å². The molecule has 7 nitrogen and oxygen atoms in total. The van der Waals surface area contributed by atoms with Gasteiger partial charge >= 0.3 is 6.18 Å².